The van der Waals surface area contributed by atoms with Gasteiger partial charge in [-0.15, -0.1) is 0 Å². The lowest BCUT2D eigenvalue weighted by atomic mass is 10.2. The van der Waals surface area contributed by atoms with Gasteiger partial charge in [-0.2, -0.15) is 0 Å². The summed E-state index contributed by atoms with van der Waals surface area (Å²) in [5.41, 5.74) is 6.72. The monoisotopic (exact) mass is 308 g/mol. The molecule has 0 heterocycles. The fourth-order valence-electron chi connectivity index (χ4n) is 0.931. The van der Waals surface area contributed by atoms with Gasteiger partial charge in [0.1, 0.15) is 6.67 Å². The Morgan fingerprint density at radius 1 is 1.57 bits per heavy atom. The molecule has 1 aromatic carbocycles. The predicted octanol–water partition coefficient (Wildman–Crippen LogP) is 1.57. The summed E-state index contributed by atoms with van der Waals surface area (Å²) in [5, 5.41) is 2.44. The largest absolute Gasteiger partial charge is 0.398 e. The van der Waals surface area contributed by atoms with Gasteiger partial charge in [-0.05, 0) is 40.8 Å². The third-order valence-corrected chi connectivity index (χ3v) is 2.58. The molecule has 3 nitrogen and oxygen atoms in total. The maximum Gasteiger partial charge on any atom is 0.251 e. The molecule has 0 aliphatic carbocycles. The van der Waals surface area contributed by atoms with E-state index in [1.807, 2.05) is 22.6 Å². The fourth-order valence-corrected chi connectivity index (χ4v) is 1.45. The van der Waals surface area contributed by atoms with Crippen molar-refractivity contribution in [1.82, 2.24) is 5.32 Å². The van der Waals surface area contributed by atoms with Crippen LogP contribution in [0.25, 0.3) is 0 Å². The number of benzene rings is 1. The molecule has 0 spiro atoms. The smallest absolute Gasteiger partial charge is 0.251 e. The van der Waals surface area contributed by atoms with Gasteiger partial charge in [0.2, 0.25) is 0 Å². The molecule has 1 rings (SSSR count). The van der Waals surface area contributed by atoms with Crippen molar-refractivity contribution in [3.05, 3.63) is 27.3 Å². The SMILES string of the molecule is Nc1ccc(C(=O)NCCF)cc1I. The van der Waals surface area contributed by atoms with Crippen LogP contribution in [0.3, 0.4) is 0 Å². The third kappa shape index (κ3) is 2.83. The summed E-state index contributed by atoms with van der Waals surface area (Å²) in [6.45, 7) is -0.516. The molecule has 3 N–H and O–H groups in total. The van der Waals surface area contributed by atoms with Crippen molar-refractivity contribution in [2.45, 2.75) is 0 Å². The van der Waals surface area contributed by atoms with E-state index in [-0.39, 0.29) is 12.5 Å². The molecule has 0 saturated carbocycles. The fraction of sp³-hybridized carbons (Fsp3) is 0.222. The van der Waals surface area contributed by atoms with E-state index in [1.165, 1.54) is 0 Å². The highest BCUT2D eigenvalue weighted by Crippen LogP contribution is 2.15. The van der Waals surface area contributed by atoms with E-state index >= 15 is 0 Å². The van der Waals surface area contributed by atoms with Crippen molar-refractivity contribution >= 4 is 34.2 Å². The Morgan fingerprint density at radius 3 is 2.86 bits per heavy atom. The number of nitrogens with one attached hydrogen (secondary N) is 1. The van der Waals surface area contributed by atoms with Gasteiger partial charge in [0.15, 0.2) is 0 Å². The first kappa shape index (κ1) is 11.2. The quantitative estimate of drug-likeness (QED) is 0.658. The maximum absolute atomic E-state index is 11.8. The van der Waals surface area contributed by atoms with E-state index in [2.05, 4.69) is 5.32 Å². The summed E-state index contributed by atoms with van der Waals surface area (Å²) in [6.07, 6.45) is 0. The number of hydrogen-bond donors (Lipinski definition) is 2. The lowest BCUT2D eigenvalue weighted by Gasteiger charge is -2.04. The van der Waals surface area contributed by atoms with Crippen LogP contribution in [-0.2, 0) is 0 Å². The van der Waals surface area contributed by atoms with Crippen molar-refractivity contribution in [2.75, 3.05) is 19.0 Å². The highest BCUT2D eigenvalue weighted by molar-refractivity contribution is 14.1. The number of alkyl halides is 1. The number of nitrogen functional groups attached to an aromatic ring is 1. The molecule has 0 unspecified atom stereocenters. The molecule has 14 heavy (non-hydrogen) atoms. The van der Waals surface area contributed by atoms with Gasteiger partial charge < -0.3 is 11.1 Å². The third-order valence-electron chi connectivity index (χ3n) is 1.64. The number of rotatable bonds is 3. The first-order valence-electron chi connectivity index (χ1n) is 4.04. The average molecular weight is 308 g/mol. The number of amides is 1. The molecule has 5 heteroatoms. The maximum atomic E-state index is 11.8. The number of anilines is 1. The van der Waals surface area contributed by atoms with E-state index in [0.29, 0.717) is 11.3 Å². The minimum atomic E-state index is -0.558. The Kier molecular flexibility index (Phi) is 4.12. The van der Waals surface area contributed by atoms with Crippen molar-refractivity contribution in [3.8, 4) is 0 Å². The molecule has 0 atom stereocenters. The number of halogens is 2. The molecular formula is C9H10FIN2O. The molecule has 1 aromatic rings. The van der Waals surface area contributed by atoms with Crippen LogP contribution in [0.2, 0.25) is 0 Å². The zero-order valence-corrected chi connectivity index (χ0v) is 9.55. The van der Waals surface area contributed by atoms with Crippen LogP contribution >= 0.6 is 22.6 Å². The molecule has 0 aromatic heterocycles. The molecular weight excluding hydrogens is 298 g/mol. The molecule has 76 valence electrons. The van der Waals surface area contributed by atoms with Gasteiger partial charge in [-0.25, -0.2) is 4.39 Å². The van der Waals surface area contributed by atoms with Crippen LogP contribution < -0.4 is 11.1 Å². The Labute approximate surface area is 95.0 Å². The highest BCUT2D eigenvalue weighted by atomic mass is 127. The zero-order valence-electron chi connectivity index (χ0n) is 7.39. The summed E-state index contributed by atoms with van der Waals surface area (Å²) in [6, 6.07) is 4.95. The second-order valence-electron chi connectivity index (χ2n) is 2.68. The van der Waals surface area contributed by atoms with Gasteiger partial charge in [-0.1, -0.05) is 0 Å². The molecule has 0 fully saturated rings. The first-order chi connectivity index (χ1) is 6.65. The molecule has 0 aliphatic rings. The average Bonchev–Trinajstić information content (AvgIpc) is 2.18. The molecule has 0 saturated heterocycles. The topological polar surface area (TPSA) is 55.1 Å². The van der Waals surface area contributed by atoms with E-state index in [1.54, 1.807) is 18.2 Å². The molecule has 0 aliphatic heterocycles. The van der Waals surface area contributed by atoms with Crippen molar-refractivity contribution < 1.29 is 9.18 Å². The van der Waals surface area contributed by atoms with Crippen LogP contribution in [-0.4, -0.2) is 19.1 Å². The Hall–Kier alpha value is -0.850. The van der Waals surface area contributed by atoms with Gasteiger partial charge in [-0.3, -0.25) is 4.79 Å². The first-order valence-corrected chi connectivity index (χ1v) is 5.12. The Bertz CT molecular complexity index is 344. The number of hydrogen-bond acceptors (Lipinski definition) is 2. The molecule has 0 bridgehead atoms. The summed E-state index contributed by atoms with van der Waals surface area (Å²) >= 11 is 2.04. The number of nitrogens with two attached hydrogens (primary N) is 1. The van der Waals surface area contributed by atoms with E-state index in [4.69, 9.17) is 5.73 Å². The normalized spacial score (nSPS) is 9.86. The summed E-state index contributed by atoms with van der Waals surface area (Å²) < 4.78 is 12.6. The van der Waals surface area contributed by atoms with Crippen LogP contribution in [0.5, 0.6) is 0 Å². The van der Waals surface area contributed by atoms with Gasteiger partial charge in [0, 0.05) is 21.4 Å². The molecule has 1 amide bonds. The van der Waals surface area contributed by atoms with Gasteiger partial charge in [0.05, 0.1) is 0 Å². The van der Waals surface area contributed by atoms with Crippen LogP contribution in [0.4, 0.5) is 10.1 Å². The van der Waals surface area contributed by atoms with Gasteiger partial charge in [0.25, 0.3) is 5.91 Å². The minimum Gasteiger partial charge on any atom is -0.398 e. The Balaban J connectivity index is 2.76. The lowest BCUT2D eigenvalue weighted by Crippen LogP contribution is -2.25. The lowest BCUT2D eigenvalue weighted by molar-refractivity contribution is 0.0951. The molecule has 0 radical (unpaired) electrons. The number of carbonyl (C=O) groups excluding carboxylic acids is 1. The van der Waals surface area contributed by atoms with Crippen LogP contribution in [0.15, 0.2) is 18.2 Å². The highest BCUT2D eigenvalue weighted by Gasteiger charge is 2.05. The second-order valence-corrected chi connectivity index (χ2v) is 3.84. The van der Waals surface area contributed by atoms with Crippen LogP contribution in [0, 0.1) is 3.57 Å². The van der Waals surface area contributed by atoms with E-state index in [0.717, 1.165) is 3.57 Å². The summed E-state index contributed by atoms with van der Waals surface area (Å²) in [4.78, 5) is 11.3. The summed E-state index contributed by atoms with van der Waals surface area (Å²) in [7, 11) is 0. The van der Waals surface area contributed by atoms with E-state index in [9.17, 15) is 9.18 Å². The van der Waals surface area contributed by atoms with Crippen molar-refractivity contribution in [2.24, 2.45) is 0 Å². The van der Waals surface area contributed by atoms with Crippen molar-refractivity contribution in [1.29, 1.82) is 0 Å². The second kappa shape index (κ2) is 5.14. The van der Waals surface area contributed by atoms with Crippen LogP contribution in [0.1, 0.15) is 10.4 Å². The minimum absolute atomic E-state index is 0.0415. The predicted molar refractivity (Wildman–Crippen MR) is 61.9 cm³/mol. The Morgan fingerprint density at radius 2 is 2.29 bits per heavy atom. The standard InChI is InChI=1S/C9H10FIN2O/c10-3-4-13-9(14)6-1-2-8(12)7(11)5-6/h1-2,5H,3-4,12H2,(H,13,14). The summed E-state index contributed by atoms with van der Waals surface area (Å²) in [5.74, 6) is -0.277. The van der Waals surface area contributed by atoms with Crippen molar-refractivity contribution in [3.63, 3.8) is 0 Å². The number of carbonyl (C=O) groups is 1. The zero-order chi connectivity index (χ0) is 10.6. The van der Waals surface area contributed by atoms with Gasteiger partial charge >= 0.3 is 0 Å². The van der Waals surface area contributed by atoms with E-state index < -0.39 is 6.67 Å².